The normalized spacial score (nSPS) is 17.1. The molecule has 3 aliphatic heterocycles. The Labute approximate surface area is 253 Å². The van der Waals surface area contributed by atoms with Gasteiger partial charge in [-0.1, -0.05) is 51.9 Å². The summed E-state index contributed by atoms with van der Waals surface area (Å²) in [4.78, 5) is 6.86. The Bertz CT molecular complexity index is 1380. The van der Waals surface area contributed by atoms with E-state index in [9.17, 15) is 0 Å². The Morgan fingerprint density at radius 3 is 2.67 bits per heavy atom. The van der Waals surface area contributed by atoms with Gasteiger partial charge in [0.2, 0.25) is 11.9 Å². The number of hydrogen-bond donors (Lipinski definition) is 1. The standard InChI is InChI=1S/C33H42N4O4S/c1-3-4-5-6-7-8-9-10-14-39-32-27-21-37-13-11-23-16-29-30(41-22-40-29)19-26(23)28(37)18-25(27)24(17-31(32)38-2)20-35-36-33-34-12-15-42-33/h12,15-17,19-20,28H,3-11,13-14,18,21-22H2,1-2H3,(H,34,36)/b35-20+. The topological polar surface area (TPSA) is 77.4 Å². The van der Waals surface area contributed by atoms with E-state index in [1.54, 1.807) is 13.3 Å². The molecule has 1 N–H and O–H groups in total. The molecule has 0 amide bonds. The van der Waals surface area contributed by atoms with E-state index in [0.717, 1.165) is 66.0 Å². The van der Waals surface area contributed by atoms with E-state index in [4.69, 9.17) is 18.9 Å². The van der Waals surface area contributed by atoms with Crippen molar-refractivity contribution in [3.05, 3.63) is 57.6 Å². The molecule has 42 heavy (non-hydrogen) atoms. The van der Waals surface area contributed by atoms with Crippen LogP contribution in [0, 0.1) is 0 Å². The molecule has 0 bridgehead atoms. The predicted octanol–water partition coefficient (Wildman–Crippen LogP) is 7.50. The largest absolute Gasteiger partial charge is 0.493 e. The average molecular weight is 591 g/mol. The molecular formula is C33H42N4O4S. The molecule has 0 spiro atoms. The van der Waals surface area contributed by atoms with Gasteiger partial charge in [-0.2, -0.15) is 5.10 Å². The van der Waals surface area contributed by atoms with Gasteiger partial charge in [-0.3, -0.25) is 10.3 Å². The Hall–Kier alpha value is -3.30. The molecule has 4 heterocycles. The number of ether oxygens (including phenoxy) is 4. The van der Waals surface area contributed by atoms with Crippen LogP contribution in [0.25, 0.3) is 0 Å². The van der Waals surface area contributed by atoms with Gasteiger partial charge in [0.05, 0.1) is 19.9 Å². The maximum absolute atomic E-state index is 6.54. The third-order valence-electron chi connectivity index (χ3n) is 8.62. The molecule has 6 rings (SSSR count). The van der Waals surface area contributed by atoms with Crippen molar-refractivity contribution in [2.45, 2.75) is 83.7 Å². The first-order valence-electron chi connectivity index (χ1n) is 15.5. The summed E-state index contributed by atoms with van der Waals surface area (Å²) in [5.74, 6) is 3.36. The molecule has 0 radical (unpaired) electrons. The molecule has 0 fully saturated rings. The molecule has 1 unspecified atom stereocenters. The Morgan fingerprint density at radius 1 is 1.07 bits per heavy atom. The van der Waals surface area contributed by atoms with Crippen LogP contribution in [0.15, 0.2) is 34.9 Å². The molecule has 9 heteroatoms. The molecule has 8 nitrogen and oxygen atoms in total. The molecule has 3 aromatic rings. The van der Waals surface area contributed by atoms with E-state index in [2.05, 4.69) is 45.5 Å². The highest BCUT2D eigenvalue weighted by Crippen LogP contribution is 2.47. The number of aromatic nitrogens is 1. The van der Waals surface area contributed by atoms with Gasteiger partial charge in [0.15, 0.2) is 23.0 Å². The summed E-state index contributed by atoms with van der Waals surface area (Å²) in [6.07, 6.45) is 15.7. The average Bonchev–Trinajstić information content (AvgIpc) is 3.71. The molecule has 0 saturated carbocycles. The van der Waals surface area contributed by atoms with Crippen LogP contribution < -0.4 is 24.4 Å². The zero-order valence-electron chi connectivity index (χ0n) is 24.8. The van der Waals surface area contributed by atoms with Crippen molar-refractivity contribution >= 4 is 22.7 Å². The Kier molecular flexibility index (Phi) is 9.45. The van der Waals surface area contributed by atoms with Gasteiger partial charge in [0, 0.05) is 41.8 Å². The Morgan fingerprint density at radius 2 is 1.88 bits per heavy atom. The van der Waals surface area contributed by atoms with Gasteiger partial charge >= 0.3 is 0 Å². The molecule has 3 aliphatic rings. The maximum Gasteiger partial charge on any atom is 0.231 e. The lowest BCUT2D eigenvalue weighted by Gasteiger charge is -2.42. The fourth-order valence-corrected chi connectivity index (χ4v) is 6.88. The maximum atomic E-state index is 6.54. The molecule has 0 aliphatic carbocycles. The third-order valence-corrected chi connectivity index (χ3v) is 9.30. The number of nitrogens with zero attached hydrogens (tertiary/aromatic N) is 3. The van der Waals surface area contributed by atoms with Crippen molar-refractivity contribution in [2.75, 3.05) is 32.5 Å². The Balaban J connectivity index is 1.24. The third kappa shape index (κ3) is 6.37. The predicted molar refractivity (Wildman–Crippen MR) is 168 cm³/mol. The fourth-order valence-electron chi connectivity index (χ4n) is 6.40. The van der Waals surface area contributed by atoms with Gasteiger partial charge in [0.1, 0.15) is 0 Å². The summed E-state index contributed by atoms with van der Waals surface area (Å²) in [7, 11) is 1.73. The zero-order valence-corrected chi connectivity index (χ0v) is 25.6. The monoisotopic (exact) mass is 590 g/mol. The number of benzene rings is 2. The lowest BCUT2D eigenvalue weighted by Crippen LogP contribution is -2.40. The second kappa shape index (κ2) is 13.8. The number of methoxy groups -OCH3 is 1. The van der Waals surface area contributed by atoms with Gasteiger partial charge in [0.25, 0.3) is 0 Å². The van der Waals surface area contributed by atoms with Crippen LogP contribution in [-0.2, 0) is 19.4 Å². The fraction of sp³-hybridized carbons (Fsp3) is 0.515. The minimum absolute atomic E-state index is 0.253. The smallest absolute Gasteiger partial charge is 0.231 e. The van der Waals surface area contributed by atoms with Crippen LogP contribution in [0.2, 0.25) is 0 Å². The molecule has 2 aromatic carbocycles. The number of fused-ring (bicyclic) bond motifs is 5. The van der Waals surface area contributed by atoms with Crippen LogP contribution in [0.5, 0.6) is 23.0 Å². The van der Waals surface area contributed by atoms with E-state index in [-0.39, 0.29) is 6.04 Å². The van der Waals surface area contributed by atoms with Crippen molar-refractivity contribution in [2.24, 2.45) is 5.10 Å². The highest BCUT2D eigenvalue weighted by molar-refractivity contribution is 7.13. The van der Waals surface area contributed by atoms with Gasteiger partial charge < -0.3 is 18.9 Å². The minimum atomic E-state index is 0.253. The van der Waals surface area contributed by atoms with E-state index >= 15 is 0 Å². The van der Waals surface area contributed by atoms with Crippen molar-refractivity contribution in [1.29, 1.82) is 0 Å². The van der Waals surface area contributed by atoms with E-state index in [1.165, 1.54) is 78.5 Å². The highest BCUT2D eigenvalue weighted by atomic mass is 32.1. The first-order valence-corrected chi connectivity index (χ1v) is 16.3. The summed E-state index contributed by atoms with van der Waals surface area (Å²) in [6, 6.07) is 6.70. The SMILES string of the molecule is CCCCCCCCCCOc1c(OC)cc(/C=N/Nc2nccs2)c2c1CN1CCc3cc4c(cc3C1C2)OCO4. The van der Waals surface area contributed by atoms with Gasteiger partial charge in [-0.15, -0.1) is 11.3 Å². The quantitative estimate of drug-likeness (QED) is 0.118. The molecule has 0 saturated heterocycles. The second-order valence-corrected chi connectivity index (χ2v) is 12.2. The molecule has 224 valence electrons. The number of unbranched alkanes of at least 4 members (excludes halogenated alkanes) is 7. The first kappa shape index (κ1) is 28.8. The number of hydrogen-bond acceptors (Lipinski definition) is 9. The minimum Gasteiger partial charge on any atom is -0.493 e. The number of anilines is 1. The number of hydrazone groups is 1. The number of rotatable bonds is 14. The van der Waals surface area contributed by atoms with E-state index in [1.807, 2.05) is 11.6 Å². The summed E-state index contributed by atoms with van der Waals surface area (Å²) in [5.41, 5.74) is 9.26. The molecule has 1 atom stereocenters. The number of nitrogens with one attached hydrogen (secondary N) is 1. The van der Waals surface area contributed by atoms with E-state index < -0.39 is 0 Å². The van der Waals surface area contributed by atoms with Gasteiger partial charge in [-0.25, -0.2) is 4.98 Å². The van der Waals surface area contributed by atoms with Crippen molar-refractivity contribution in [3.63, 3.8) is 0 Å². The number of thiazole rings is 1. The highest BCUT2D eigenvalue weighted by Gasteiger charge is 2.36. The molecular weight excluding hydrogens is 548 g/mol. The second-order valence-electron chi connectivity index (χ2n) is 11.3. The first-order chi connectivity index (χ1) is 20.7. The van der Waals surface area contributed by atoms with Crippen LogP contribution in [0.1, 0.15) is 92.1 Å². The summed E-state index contributed by atoms with van der Waals surface area (Å²) in [5, 5.41) is 7.24. The lowest BCUT2D eigenvalue weighted by molar-refractivity contribution is 0.155. The zero-order chi connectivity index (χ0) is 28.7. The van der Waals surface area contributed by atoms with Crippen molar-refractivity contribution < 1.29 is 18.9 Å². The van der Waals surface area contributed by atoms with E-state index in [0.29, 0.717) is 13.4 Å². The van der Waals surface area contributed by atoms with Gasteiger partial charge in [-0.05, 0) is 54.2 Å². The van der Waals surface area contributed by atoms with Crippen LogP contribution in [0.4, 0.5) is 5.13 Å². The lowest BCUT2D eigenvalue weighted by atomic mass is 9.82. The molecule has 1 aromatic heterocycles. The van der Waals surface area contributed by atoms with Crippen molar-refractivity contribution in [3.8, 4) is 23.0 Å². The van der Waals surface area contributed by atoms with Crippen LogP contribution in [0.3, 0.4) is 0 Å². The van der Waals surface area contributed by atoms with Crippen LogP contribution >= 0.6 is 11.3 Å². The summed E-state index contributed by atoms with van der Waals surface area (Å²) in [6.45, 7) is 5.05. The summed E-state index contributed by atoms with van der Waals surface area (Å²) >= 11 is 1.52. The summed E-state index contributed by atoms with van der Waals surface area (Å²) < 4.78 is 23.9. The van der Waals surface area contributed by atoms with Crippen molar-refractivity contribution in [1.82, 2.24) is 9.88 Å². The van der Waals surface area contributed by atoms with Crippen LogP contribution in [-0.4, -0.2) is 43.2 Å².